The van der Waals surface area contributed by atoms with Crippen molar-refractivity contribution in [3.8, 4) is 5.75 Å². The first-order valence-electron chi connectivity index (χ1n) is 7.88. The van der Waals surface area contributed by atoms with Gasteiger partial charge in [0, 0.05) is 18.5 Å². The Hall–Kier alpha value is -3.01. The third-order valence-electron chi connectivity index (χ3n) is 3.60. The smallest absolute Gasteiger partial charge is 0.251 e. The lowest BCUT2D eigenvalue weighted by Gasteiger charge is -2.08. The summed E-state index contributed by atoms with van der Waals surface area (Å²) in [5.41, 5.74) is 1.72. The third-order valence-corrected chi connectivity index (χ3v) is 3.60. The second-order valence-corrected chi connectivity index (χ2v) is 5.38. The van der Waals surface area contributed by atoms with Gasteiger partial charge in [0.15, 0.2) is 0 Å². The molecule has 24 heavy (non-hydrogen) atoms. The summed E-state index contributed by atoms with van der Waals surface area (Å²) in [6.07, 6.45) is 2.31. The van der Waals surface area contributed by atoms with Crippen molar-refractivity contribution >= 4 is 5.91 Å². The van der Waals surface area contributed by atoms with Crippen molar-refractivity contribution in [2.75, 3.05) is 6.54 Å². The molecule has 0 saturated carbocycles. The number of benzene rings is 2. The van der Waals surface area contributed by atoms with Crippen molar-refractivity contribution in [3.63, 3.8) is 0 Å². The van der Waals surface area contributed by atoms with Gasteiger partial charge in [0.2, 0.25) is 0 Å². The van der Waals surface area contributed by atoms with Crippen LogP contribution in [0.2, 0.25) is 0 Å². The average molecular weight is 321 g/mol. The monoisotopic (exact) mass is 321 g/mol. The molecule has 0 unspecified atom stereocenters. The zero-order chi connectivity index (χ0) is 16.6. The minimum atomic E-state index is -0.101. The average Bonchev–Trinajstić information content (AvgIpc) is 3.15. The Kier molecular flexibility index (Phi) is 5.30. The number of hydrogen-bond donors (Lipinski definition) is 1. The number of nitrogens with one attached hydrogen (secondary N) is 1. The quantitative estimate of drug-likeness (QED) is 0.719. The highest BCUT2D eigenvalue weighted by Gasteiger charge is 2.06. The number of rotatable bonds is 7. The topological polar surface area (TPSA) is 51.5 Å². The molecule has 3 rings (SSSR count). The highest BCUT2D eigenvalue weighted by molar-refractivity contribution is 5.94. The van der Waals surface area contributed by atoms with Gasteiger partial charge in [-0.1, -0.05) is 30.3 Å². The van der Waals surface area contributed by atoms with Crippen molar-refractivity contribution in [2.24, 2.45) is 0 Å². The second-order valence-electron chi connectivity index (χ2n) is 5.38. The van der Waals surface area contributed by atoms with Crippen LogP contribution in [0.15, 0.2) is 77.4 Å². The molecule has 0 atom stereocenters. The zero-order valence-electron chi connectivity index (χ0n) is 13.3. The van der Waals surface area contributed by atoms with Crippen molar-refractivity contribution in [1.29, 1.82) is 0 Å². The van der Waals surface area contributed by atoms with Crippen LogP contribution in [-0.2, 0) is 13.0 Å². The Labute approximate surface area is 141 Å². The Morgan fingerprint density at radius 2 is 1.75 bits per heavy atom. The van der Waals surface area contributed by atoms with Crippen LogP contribution < -0.4 is 10.1 Å². The van der Waals surface area contributed by atoms with E-state index in [1.807, 2.05) is 54.6 Å². The molecule has 0 spiro atoms. The van der Waals surface area contributed by atoms with E-state index in [9.17, 15) is 4.79 Å². The van der Waals surface area contributed by atoms with E-state index in [0.717, 1.165) is 17.1 Å². The molecule has 1 N–H and O–H groups in total. The number of carbonyl (C=O) groups is 1. The molecule has 122 valence electrons. The second kappa shape index (κ2) is 8.02. The molecule has 2 aromatic carbocycles. The summed E-state index contributed by atoms with van der Waals surface area (Å²) in [6, 6.07) is 20.9. The lowest BCUT2D eigenvalue weighted by molar-refractivity contribution is 0.0953. The highest BCUT2D eigenvalue weighted by Crippen LogP contribution is 2.14. The fraction of sp³-hybridized carbons (Fsp3) is 0.150. The lowest BCUT2D eigenvalue weighted by atomic mass is 10.2. The maximum atomic E-state index is 12.1. The highest BCUT2D eigenvalue weighted by atomic mass is 16.5. The van der Waals surface area contributed by atoms with Gasteiger partial charge in [0.1, 0.15) is 18.1 Å². The van der Waals surface area contributed by atoms with E-state index < -0.39 is 0 Å². The molecule has 1 heterocycles. The van der Waals surface area contributed by atoms with Gasteiger partial charge in [0.05, 0.1) is 6.26 Å². The third kappa shape index (κ3) is 4.49. The van der Waals surface area contributed by atoms with E-state index in [1.165, 1.54) is 0 Å². The van der Waals surface area contributed by atoms with Crippen LogP contribution >= 0.6 is 0 Å². The van der Waals surface area contributed by atoms with Crippen LogP contribution in [0.1, 0.15) is 21.7 Å². The number of furan rings is 1. The summed E-state index contributed by atoms with van der Waals surface area (Å²) in [7, 11) is 0. The predicted octanol–water partition coefficient (Wildman–Crippen LogP) is 3.83. The Balaban J connectivity index is 1.47. The van der Waals surface area contributed by atoms with Crippen LogP contribution in [0.3, 0.4) is 0 Å². The molecule has 0 aliphatic carbocycles. The van der Waals surface area contributed by atoms with Crippen LogP contribution in [0, 0.1) is 0 Å². The van der Waals surface area contributed by atoms with E-state index in [2.05, 4.69) is 5.32 Å². The molecule has 0 saturated heterocycles. The Bertz CT molecular complexity index is 749. The van der Waals surface area contributed by atoms with Crippen LogP contribution in [0.4, 0.5) is 0 Å². The molecule has 0 aliphatic rings. The van der Waals surface area contributed by atoms with Gasteiger partial charge in [0.25, 0.3) is 5.91 Å². The molecular formula is C20H19NO3. The standard InChI is InChI=1S/C20H19NO3/c22-20(21-13-12-18-7-4-14-23-18)17-8-10-19(11-9-17)24-15-16-5-2-1-3-6-16/h1-11,14H,12-13,15H2,(H,21,22). The predicted molar refractivity (Wildman–Crippen MR) is 92.0 cm³/mol. The largest absolute Gasteiger partial charge is 0.489 e. The normalized spacial score (nSPS) is 10.3. The molecule has 1 aromatic heterocycles. The van der Waals surface area contributed by atoms with Crippen molar-refractivity contribution in [2.45, 2.75) is 13.0 Å². The lowest BCUT2D eigenvalue weighted by Crippen LogP contribution is -2.25. The number of hydrogen-bond acceptors (Lipinski definition) is 3. The van der Waals surface area contributed by atoms with Gasteiger partial charge in [-0.25, -0.2) is 0 Å². The first-order chi connectivity index (χ1) is 11.8. The number of carbonyl (C=O) groups excluding carboxylic acids is 1. The van der Waals surface area contributed by atoms with Gasteiger partial charge in [-0.2, -0.15) is 0 Å². The summed E-state index contributed by atoms with van der Waals surface area (Å²) in [6.45, 7) is 1.05. The molecule has 0 radical (unpaired) electrons. The summed E-state index contributed by atoms with van der Waals surface area (Å²) >= 11 is 0. The zero-order valence-corrected chi connectivity index (χ0v) is 13.3. The van der Waals surface area contributed by atoms with Crippen molar-refractivity contribution < 1.29 is 13.9 Å². The fourth-order valence-corrected chi connectivity index (χ4v) is 2.30. The molecule has 4 nitrogen and oxygen atoms in total. The maximum Gasteiger partial charge on any atom is 0.251 e. The van der Waals surface area contributed by atoms with Gasteiger partial charge >= 0.3 is 0 Å². The van der Waals surface area contributed by atoms with E-state index >= 15 is 0 Å². The van der Waals surface area contributed by atoms with Crippen LogP contribution in [0.5, 0.6) is 5.75 Å². The van der Waals surface area contributed by atoms with Gasteiger partial charge < -0.3 is 14.5 Å². The maximum absolute atomic E-state index is 12.1. The Morgan fingerprint density at radius 3 is 2.46 bits per heavy atom. The van der Waals surface area contributed by atoms with Crippen molar-refractivity contribution in [1.82, 2.24) is 5.32 Å². The van der Waals surface area contributed by atoms with Gasteiger partial charge in [-0.15, -0.1) is 0 Å². The number of amides is 1. The van der Waals surface area contributed by atoms with Gasteiger partial charge in [-0.3, -0.25) is 4.79 Å². The summed E-state index contributed by atoms with van der Waals surface area (Å²) < 4.78 is 10.9. The summed E-state index contributed by atoms with van der Waals surface area (Å²) in [5, 5.41) is 2.87. The Morgan fingerprint density at radius 1 is 0.958 bits per heavy atom. The molecule has 0 bridgehead atoms. The molecule has 4 heteroatoms. The number of ether oxygens (including phenoxy) is 1. The van der Waals surface area contributed by atoms with Crippen molar-refractivity contribution in [3.05, 3.63) is 89.9 Å². The summed E-state index contributed by atoms with van der Waals surface area (Å²) in [5.74, 6) is 1.50. The molecule has 3 aromatic rings. The van der Waals surface area contributed by atoms with E-state index in [1.54, 1.807) is 18.4 Å². The van der Waals surface area contributed by atoms with Gasteiger partial charge in [-0.05, 0) is 42.0 Å². The minimum Gasteiger partial charge on any atom is -0.489 e. The molecular weight excluding hydrogens is 302 g/mol. The SMILES string of the molecule is O=C(NCCc1ccco1)c1ccc(OCc2ccccc2)cc1. The van der Waals surface area contributed by atoms with Crippen LogP contribution in [0.25, 0.3) is 0 Å². The minimum absolute atomic E-state index is 0.101. The molecule has 0 fully saturated rings. The first kappa shape index (κ1) is 15.9. The van der Waals surface area contributed by atoms with Crippen LogP contribution in [-0.4, -0.2) is 12.5 Å². The summed E-state index contributed by atoms with van der Waals surface area (Å²) in [4.78, 5) is 12.1. The van der Waals surface area contributed by atoms with E-state index in [-0.39, 0.29) is 5.91 Å². The fourth-order valence-electron chi connectivity index (χ4n) is 2.30. The van der Waals surface area contributed by atoms with E-state index in [0.29, 0.717) is 25.1 Å². The van der Waals surface area contributed by atoms with E-state index in [4.69, 9.17) is 9.15 Å². The molecule has 1 amide bonds. The first-order valence-corrected chi connectivity index (χ1v) is 7.88. The molecule has 0 aliphatic heterocycles.